The maximum Gasteiger partial charge on any atom is 0.254 e. The van der Waals surface area contributed by atoms with Crippen LogP contribution in [0.2, 0.25) is 0 Å². The molecule has 0 aliphatic carbocycles. The minimum atomic E-state index is -0.532. The van der Waals surface area contributed by atoms with Gasteiger partial charge in [0.25, 0.3) is 5.91 Å². The third-order valence-electron chi connectivity index (χ3n) is 3.49. The number of terminal acetylenes is 1. The average Bonchev–Trinajstić information content (AvgIpc) is 2.55. The predicted octanol–water partition coefficient (Wildman–Crippen LogP) is 1.76. The lowest BCUT2D eigenvalue weighted by atomic mass is 9.98. The zero-order chi connectivity index (χ0) is 14.0. The van der Waals surface area contributed by atoms with Crippen molar-refractivity contribution in [2.24, 2.45) is 5.92 Å². The van der Waals surface area contributed by atoms with Crippen LogP contribution >= 0.6 is 0 Å². The van der Waals surface area contributed by atoms with Gasteiger partial charge >= 0.3 is 0 Å². The number of rotatable bonds is 2. The van der Waals surface area contributed by atoms with Gasteiger partial charge in [-0.2, -0.15) is 0 Å². The summed E-state index contributed by atoms with van der Waals surface area (Å²) >= 11 is 0. The number of para-hydroxylation sites is 1. The van der Waals surface area contributed by atoms with Crippen LogP contribution in [0, 0.1) is 18.3 Å². The Morgan fingerprint density at radius 3 is 2.79 bits per heavy atom. The summed E-state index contributed by atoms with van der Waals surface area (Å²) in [4.78, 5) is 24.4. The highest BCUT2D eigenvalue weighted by atomic mass is 16.2. The average molecular weight is 256 g/mol. The van der Waals surface area contributed by atoms with Crippen molar-refractivity contribution in [2.45, 2.75) is 26.3 Å². The third-order valence-corrected chi connectivity index (χ3v) is 3.49. The van der Waals surface area contributed by atoms with E-state index in [1.54, 1.807) is 18.2 Å². The molecule has 0 fully saturated rings. The van der Waals surface area contributed by atoms with Crippen LogP contribution in [-0.2, 0) is 4.79 Å². The molecule has 19 heavy (non-hydrogen) atoms. The molecule has 0 saturated carbocycles. The van der Waals surface area contributed by atoms with Gasteiger partial charge in [-0.05, 0) is 18.1 Å². The predicted molar refractivity (Wildman–Crippen MR) is 73.7 cm³/mol. The van der Waals surface area contributed by atoms with E-state index in [0.717, 1.165) is 6.42 Å². The minimum Gasteiger partial charge on any atom is -0.340 e. The smallest absolute Gasteiger partial charge is 0.254 e. The van der Waals surface area contributed by atoms with E-state index < -0.39 is 6.04 Å². The van der Waals surface area contributed by atoms with E-state index in [0.29, 0.717) is 16.8 Å². The molecule has 0 spiro atoms. The molecule has 98 valence electrons. The van der Waals surface area contributed by atoms with Gasteiger partial charge in [-0.15, -0.1) is 6.42 Å². The van der Waals surface area contributed by atoms with E-state index in [1.807, 2.05) is 13.8 Å². The van der Waals surface area contributed by atoms with Crippen LogP contribution in [0.4, 0.5) is 5.69 Å². The zero-order valence-electron chi connectivity index (χ0n) is 11.0. The molecule has 2 unspecified atom stereocenters. The van der Waals surface area contributed by atoms with Crippen LogP contribution in [0.1, 0.15) is 36.2 Å². The number of carbonyl (C=O) groups is 2. The molecule has 4 heteroatoms. The quantitative estimate of drug-likeness (QED) is 0.792. The highest BCUT2D eigenvalue weighted by Crippen LogP contribution is 2.24. The van der Waals surface area contributed by atoms with E-state index >= 15 is 0 Å². The number of fused-ring (bicyclic) bond motifs is 1. The molecule has 2 N–H and O–H groups in total. The van der Waals surface area contributed by atoms with Gasteiger partial charge in [-0.25, -0.2) is 0 Å². The summed E-state index contributed by atoms with van der Waals surface area (Å²) in [5, 5.41) is 5.54. The monoisotopic (exact) mass is 256 g/mol. The van der Waals surface area contributed by atoms with Gasteiger partial charge in [0.1, 0.15) is 6.04 Å². The second kappa shape index (κ2) is 5.15. The summed E-state index contributed by atoms with van der Waals surface area (Å²) in [6.45, 7) is 3.91. The summed E-state index contributed by atoms with van der Waals surface area (Å²) in [6.07, 6.45) is 6.21. The van der Waals surface area contributed by atoms with E-state index in [2.05, 4.69) is 16.6 Å². The van der Waals surface area contributed by atoms with Gasteiger partial charge in [-0.3, -0.25) is 9.59 Å². The summed E-state index contributed by atoms with van der Waals surface area (Å²) in [7, 11) is 0. The highest BCUT2D eigenvalue weighted by molar-refractivity contribution is 6.11. The Bertz CT molecular complexity index is 572. The number of carbonyl (C=O) groups excluding carboxylic acids is 2. The molecule has 2 atom stereocenters. The molecule has 1 aromatic rings. The van der Waals surface area contributed by atoms with Gasteiger partial charge in [0.05, 0.1) is 11.3 Å². The van der Waals surface area contributed by atoms with Crippen LogP contribution in [0.25, 0.3) is 0 Å². The number of nitrogens with one attached hydrogen (secondary N) is 2. The lowest BCUT2D eigenvalue weighted by Crippen LogP contribution is -2.45. The molecule has 1 aliphatic heterocycles. The molecule has 0 aromatic heterocycles. The number of anilines is 1. The van der Waals surface area contributed by atoms with Gasteiger partial charge in [0, 0.05) is 5.56 Å². The summed E-state index contributed by atoms with van der Waals surface area (Å²) < 4.78 is 0. The Labute approximate surface area is 112 Å². The first-order valence-electron chi connectivity index (χ1n) is 6.29. The molecule has 0 radical (unpaired) electrons. The number of benzene rings is 1. The Kier molecular flexibility index (Phi) is 3.57. The SMILES string of the molecule is C#Cc1cccc2c1NC(=O)C(C(C)CC)NC2=O. The third kappa shape index (κ3) is 2.32. The van der Waals surface area contributed by atoms with Crippen LogP contribution in [-0.4, -0.2) is 17.9 Å². The lowest BCUT2D eigenvalue weighted by molar-refractivity contribution is -0.119. The van der Waals surface area contributed by atoms with Crippen molar-refractivity contribution in [1.29, 1.82) is 0 Å². The normalized spacial score (nSPS) is 19.5. The Hall–Kier alpha value is -2.28. The number of amides is 2. The van der Waals surface area contributed by atoms with Crippen LogP contribution in [0.3, 0.4) is 0 Å². The van der Waals surface area contributed by atoms with Gasteiger partial charge in [0.2, 0.25) is 5.91 Å². The molecule has 1 aromatic carbocycles. The van der Waals surface area contributed by atoms with E-state index in [9.17, 15) is 9.59 Å². The van der Waals surface area contributed by atoms with E-state index in [1.165, 1.54) is 0 Å². The first-order chi connectivity index (χ1) is 9.08. The zero-order valence-corrected chi connectivity index (χ0v) is 11.0. The maximum atomic E-state index is 12.2. The molecule has 1 heterocycles. The van der Waals surface area contributed by atoms with E-state index in [4.69, 9.17) is 6.42 Å². The number of hydrogen-bond acceptors (Lipinski definition) is 2. The summed E-state index contributed by atoms with van der Waals surface area (Å²) in [6, 6.07) is 4.54. The van der Waals surface area contributed by atoms with Gasteiger partial charge in [0.15, 0.2) is 0 Å². The van der Waals surface area contributed by atoms with Crippen LogP contribution in [0.15, 0.2) is 18.2 Å². The fourth-order valence-electron chi connectivity index (χ4n) is 2.12. The summed E-state index contributed by atoms with van der Waals surface area (Å²) in [5.41, 5.74) is 1.36. The first kappa shape index (κ1) is 13.2. The molecular formula is C15H16N2O2. The largest absolute Gasteiger partial charge is 0.340 e. The van der Waals surface area contributed by atoms with Crippen molar-refractivity contribution in [3.63, 3.8) is 0 Å². The highest BCUT2D eigenvalue weighted by Gasteiger charge is 2.31. The fraction of sp³-hybridized carbons (Fsp3) is 0.333. The molecule has 2 rings (SSSR count). The van der Waals surface area contributed by atoms with Crippen molar-refractivity contribution >= 4 is 17.5 Å². The first-order valence-corrected chi connectivity index (χ1v) is 6.29. The maximum absolute atomic E-state index is 12.2. The molecule has 4 nitrogen and oxygen atoms in total. The molecule has 0 saturated heterocycles. The van der Waals surface area contributed by atoms with Crippen molar-refractivity contribution in [3.05, 3.63) is 29.3 Å². The topological polar surface area (TPSA) is 58.2 Å². The van der Waals surface area contributed by atoms with Gasteiger partial charge in [-0.1, -0.05) is 32.3 Å². The van der Waals surface area contributed by atoms with Crippen molar-refractivity contribution in [2.75, 3.05) is 5.32 Å². The fourth-order valence-corrected chi connectivity index (χ4v) is 2.12. The van der Waals surface area contributed by atoms with E-state index in [-0.39, 0.29) is 17.7 Å². The van der Waals surface area contributed by atoms with Crippen molar-refractivity contribution in [1.82, 2.24) is 5.32 Å². The molecular weight excluding hydrogens is 240 g/mol. The lowest BCUT2D eigenvalue weighted by Gasteiger charge is -2.20. The minimum absolute atomic E-state index is 0.0625. The summed E-state index contributed by atoms with van der Waals surface area (Å²) in [5.74, 6) is 2.06. The Balaban J connectivity index is 2.47. The molecule has 0 bridgehead atoms. The second-order valence-corrected chi connectivity index (χ2v) is 4.70. The van der Waals surface area contributed by atoms with Crippen LogP contribution in [0.5, 0.6) is 0 Å². The molecule has 2 amide bonds. The Morgan fingerprint density at radius 1 is 1.42 bits per heavy atom. The van der Waals surface area contributed by atoms with Crippen molar-refractivity contribution in [3.8, 4) is 12.3 Å². The molecule has 1 aliphatic rings. The standard InChI is InChI=1S/C15H16N2O2/c1-4-9(3)12-15(19)17-13-10(5-2)7-6-8-11(13)14(18)16-12/h2,6-9,12H,4H2,1,3H3,(H,16,18)(H,17,19). The van der Waals surface area contributed by atoms with Gasteiger partial charge < -0.3 is 10.6 Å². The Morgan fingerprint density at radius 2 is 2.16 bits per heavy atom. The van der Waals surface area contributed by atoms with Crippen LogP contribution < -0.4 is 10.6 Å². The second-order valence-electron chi connectivity index (χ2n) is 4.70. The number of hydrogen-bond donors (Lipinski definition) is 2. The van der Waals surface area contributed by atoms with Crippen molar-refractivity contribution < 1.29 is 9.59 Å².